The largest absolute Gasteiger partial charge is 0.333 e. The quantitative estimate of drug-likeness (QED) is 0.633. The lowest BCUT2D eigenvalue weighted by atomic mass is 9.83. The highest BCUT2D eigenvalue weighted by Crippen LogP contribution is 2.34. The van der Waals surface area contributed by atoms with Gasteiger partial charge in [0.2, 0.25) is 5.91 Å². The summed E-state index contributed by atoms with van der Waals surface area (Å²) in [6.07, 6.45) is 0.971. The first-order valence-corrected chi connectivity index (χ1v) is 5.40. The molecule has 1 aliphatic heterocycles. The van der Waals surface area contributed by atoms with E-state index in [2.05, 4.69) is 32.0 Å². The number of nitrogens with zero attached hydrogens (tertiary/aromatic N) is 1. The maximum absolute atomic E-state index is 11.6. The van der Waals surface area contributed by atoms with Crippen molar-refractivity contribution in [1.82, 2.24) is 4.90 Å². The minimum absolute atomic E-state index is 0.162. The van der Waals surface area contributed by atoms with Crippen molar-refractivity contribution in [2.45, 2.75) is 32.7 Å². The smallest absolute Gasteiger partial charge is 0.220 e. The van der Waals surface area contributed by atoms with Gasteiger partial charge in [0.1, 0.15) is 0 Å². The molecule has 0 spiro atoms. The molecule has 1 aromatic carbocycles. The van der Waals surface area contributed by atoms with Crippen molar-refractivity contribution in [3.8, 4) is 0 Å². The number of hydrogen-bond acceptors (Lipinski definition) is 1. The third kappa shape index (κ3) is 1.54. The number of carbonyl (C=O) groups is 1. The second-order valence-electron chi connectivity index (χ2n) is 4.64. The summed E-state index contributed by atoms with van der Waals surface area (Å²) in [5.74, 6) is 0.162. The normalized spacial score (nSPS) is 18.5. The third-order valence-corrected chi connectivity index (χ3v) is 3.34. The number of benzene rings is 1. The summed E-state index contributed by atoms with van der Waals surface area (Å²) in [5.41, 5.74) is 2.49. The SMILES string of the molecule is CC(=O)N1CCc2ccccc2C1(C)C. The van der Waals surface area contributed by atoms with Crippen LogP contribution in [0.15, 0.2) is 24.3 Å². The summed E-state index contributed by atoms with van der Waals surface area (Å²) in [5, 5.41) is 0. The van der Waals surface area contributed by atoms with Gasteiger partial charge in [0.25, 0.3) is 0 Å². The molecule has 0 aliphatic carbocycles. The fraction of sp³-hybridized carbons (Fsp3) is 0.462. The molecule has 0 unspecified atom stereocenters. The molecule has 1 amide bonds. The zero-order chi connectivity index (χ0) is 11.1. The molecule has 0 radical (unpaired) electrons. The van der Waals surface area contributed by atoms with Gasteiger partial charge in [-0.15, -0.1) is 0 Å². The fourth-order valence-electron chi connectivity index (χ4n) is 2.54. The van der Waals surface area contributed by atoms with Crippen molar-refractivity contribution in [3.05, 3.63) is 35.4 Å². The van der Waals surface area contributed by atoms with Gasteiger partial charge in [-0.25, -0.2) is 0 Å². The molecule has 1 aromatic rings. The predicted octanol–water partition coefficient (Wildman–Crippen LogP) is 2.33. The van der Waals surface area contributed by atoms with Crippen molar-refractivity contribution in [2.24, 2.45) is 0 Å². The minimum atomic E-state index is -0.166. The van der Waals surface area contributed by atoms with E-state index in [0.717, 1.165) is 13.0 Å². The molecule has 2 rings (SSSR count). The van der Waals surface area contributed by atoms with Crippen molar-refractivity contribution >= 4 is 5.91 Å². The van der Waals surface area contributed by atoms with Crippen molar-refractivity contribution < 1.29 is 4.79 Å². The van der Waals surface area contributed by atoms with E-state index < -0.39 is 0 Å². The summed E-state index contributed by atoms with van der Waals surface area (Å²) >= 11 is 0. The van der Waals surface area contributed by atoms with E-state index in [1.165, 1.54) is 11.1 Å². The number of rotatable bonds is 0. The molecule has 0 fully saturated rings. The van der Waals surface area contributed by atoms with E-state index in [-0.39, 0.29) is 11.4 Å². The predicted molar refractivity (Wildman–Crippen MR) is 60.6 cm³/mol. The standard InChI is InChI=1S/C13H17NO/c1-10(15)14-9-8-11-6-4-5-7-12(11)13(14,2)3/h4-7H,8-9H2,1-3H3. The first-order chi connectivity index (χ1) is 7.03. The van der Waals surface area contributed by atoms with Gasteiger partial charge in [0.15, 0.2) is 0 Å². The molecule has 0 bridgehead atoms. The van der Waals surface area contributed by atoms with Crippen molar-refractivity contribution in [1.29, 1.82) is 0 Å². The lowest BCUT2D eigenvalue weighted by Crippen LogP contribution is -2.49. The molecule has 2 nitrogen and oxygen atoms in total. The van der Waals surface area contributed by atoms with Crippen LogP contribution >= 0.6 is 0 Å². The van der Waals surface area contributed by atoms with Crippen LogP contribution < -0.4 is 0 Å². The second kappa shape index (κ2) is 3.37. The number of carbonyl (C=O) groups excluding carboxylic acids is 1. The summed E-state index contributed by atoms with van der Waals surface area (Å²) in [7, 11) is 0. The molecule has 80 valence electrons. The molecular formula is C13H17NO. The molecule has 0 saturated carbocycles. The zero-order valence-electron chi connectivity index (χ0n) is 9.58. The van der Waals surface area contributed by atoms with Crippen LogP contribution in [0.1, 0.15) is 31.9 Å². The Bertz CT molecular complexity index is 395. The topological polar surface area (TPSA) is 20.3 Å². The Labute approximate surface area is 90.9 Å². The van der Waals surface area contributed by atoms with E-state index >= 15 is 0 Å². The van der Waals surface area contributed by atoms with Crippen LogP contribution in [0.5, 0.6) is 0 Å². The van der Waals surface area contributed by atoms with Gasteiger partial charge >= 0.3 is 0 Å². The maximum Gasteiger partial charge on any atom is 0.220 e. The summed E-state index contributed by atoms with van der Waals surface area (Å²) in [6, 6.07) is 8.40. The molecule has 2 heteroatoms. The van der Waals surface area contributed by atoms with Gasteiger partial charge in [-0.3, -0.25) is 4.79 Å². The molecule has 0 aromatic heterocycles. The first kappa shape index (κ1) is 10.2. The van der Waals surface area contributed by atoms with E-state index in [1.54, 1.807) is 6.92 Å². The van der Waals surface area contributed by atoms with Crippen LogP contribution in [0.2, 0.25) is 0 Å². The summed E-state index contributed by atoms with van der Waals surface area (Å²) in [4.78, 5) is 13.5. The Kier molecular flexibility index (Phi) is 2.29. The van der Waals surface area contributed by atoms with Gasteiger partial charge in [-0.05, 0) is 31.4 Å². The summed E-state index contributed by atoms with van der Waals surface area (Å²) < 4.78 is 0. The Morgan fingerprint density at radius 3 is 2.67 bits per heavy atom. The Hall–Kier alpha value is -1.31. The first-order valence-electron chi connectivity index (χ1n) is 5.40. The summed E-state index contributed by atoms with van der Waals surface area (Å²) in [6.45, 7) is 6.72. The average Bonchev–Trinajstić information content (AvgIpc) is 2.17. The molecule has 1 heterocycles. The minimum Gasteiger partial charge on any atom is -0.333 e. The highest BCUT2D eigenvalue weighted by atomic mass is 16.2. The lowest BCUT2D eigenvalue weighted by molar-refractivity contribution is -0.135. The molecule has 0 atom stereocenters. The van der Waals surface area contributed by atoms with Gasteiger partial charge in [-0.1, -0.05) is 24.3 Å². The van der Waals surface area contributed by atoms with Gasteiger partial charge in [-0.2, -0.15) is 0 Å². The highest BCUT2D eigenvalue weighted by Gasteiger charge is 2.35. The van der Waals surface area contributed by atoms with E-state index in [9.17, 15) is 4.79 Å². The Morgan fingerprint density at radius 2 is 2.00 bits per heavy atom. The van der Waals surface area contributed by atoms with E-state index in [4.69, 9.17) is 0 Å². The van der Waals surface area contributed by atoms with Gasteiger partial charge in [0, 0.05) is 13.5 Å². The maximum atomic E-state index is 11.6. The fourth-order valence-corrected chi connectivity index (χ4v) is 2.54. The van der Waals surface area contributed by atoms with Crippen LogP contribution in [0.4, 0.5) is 0 Å². The third-order valence-electron chi connectivity index (χ3n) is 3.34. The van der Waals surface area contributed by atoms with Crippen molar-refractivity contribution in [2.75, 3.05) is 6.54 Å². The van der Waals surface area contributed by atoms with Crippen LogP contribution in [0.25, 0.3) is 0 Å². The lowest BCUT2D eigenvalue weighted by Gasteiger charge is -2.43. The number of amides is 1. The van der Waals surface area contributed by atoms with Crippen LogP contribution in [0, 0.1) is 0 Å². The average molecular weight is 203 g/mol. The monoisotopic (exact) mass is 203 g/mol. The van der Waals surface area contributed by atoms with E-state index in [0.29, 0.717) is 0 Å². The van der Waals surface area contributed by atoms with E-state index in [1.807, 2.05) is 11.0 Å². The van der Waals surface area contributed by atoms with Crippen molar-refractivity contribution in [3.63, 3.8) is 0 Å². The van der Waals surface area contributed by atoms with Crippen LogP contribution in [0.3, 0.4) is 0 Å². The Morgan fingerprint density at radius 1 is 1.33 bits per heavy atom. The highest BCUT2D eigenvalue weighted by molar-refractivity contribution is 5.75. The molecule has 1 aliphatic rings. The number of fused-ring (bicyclic) bond motifs is 1. The van der Waals surface area contributed by atoms with Crippen LogP contribution in [-0.4, -0.2) is 17.4 Å². The van der Waals surface area contributed by atoms with Crippen LogP contribution in [-0.2, 0) is 16.8 Å². The van der Waals surface area contributed by atoms with Gasteiger partial charge in [0.05, 0.1) is 5.54 Å². The molecule has 15 heavy (non-hydrogen) atoms. The molecule has 0 saturated heterocycles. The Balaban J connectivity index is 2.49. The zero-order valence-corrected chi connectivity index (χ0v) is 9.58. The molecular weight excluding hydrogens is 186 g/mol. The second-order valence-corrected chi connectivity index (χ2v) is 4.64. The van der Waals surface area contributed by atoms with Gasteiger partial charge < -0.3 is 4.90 Å². The molecule has 0 N–H and O–H groups in total. The number of hydrogen-bond donors (Lipinski definition) is 0.